The van der Waals surface area contributed by atoms with Crippen molar-refractivity contribution < 1.29 is 4.74 Å². The lowest BCUT2D eigenvalue weighted by molar-refractivity contribution is -0.0107. The Balaban J connectivity index is 1.96. The highest BCUT2D eigenvalue weighted by atomic mass is 32.1. The van der Waals surface area contributed by atoms with Gasteiger partial charge in [-0.2, -0.15) is 0 Å². The molecule has 0 saturated carbocycles. The molecule has 1 aliphatic heterocycles. The number of hydrogen-bond acceptors (Lipinski definition) is 5. The Morgan fingerprint density at radius 2 is 2.33 bits per heavy atom. The first-order chi connectivity index (χ1) is 8.70. The van der Waals surface area contributed by atoms with Crippen molar-refractivity contribution in [2.45, 2.75) is 33.4 Å². The van der Waals surface area contributed by atoms with E-state index in [1.807, 2.05) is 11.3 Å². The van der Waals surface area contributed by atoms with E-state index in [-0.39, 0.29) is 0 Å². The fourth-order valence-corrected chi connectivity index (χ4v) is 3.14. The van der Waals surface area contributed by atoms with Crippen LogP contribution < -0.4 is 5.32 Å². The van der Waals surface area contributed by atoms with E-state index in [4.69, 9.17) is 4.74 Å². The first-order valence-electron chi connectivity index (χ1n) is 6.66. The predicted molar refractivity (Wildman–Crippen MR) is 75.1 cm³/mol. The van der Waals surface area contributed by atoms with Crippen molar-refractivity contribution in [3.8, 4) is 0 Å². The third kappa shape index (κ3) is 3.51. The number of nitrogens with zero attached hydrogens (tertiary/aromatic N) is 2. The average Bonchev–Trinajstić information content (AvgIpc) is 2.67. The summed E-state index contributed by atoms with van der Waals surface area (Å²) in [5, 5.41) is 4.64. The third-order valence-electron chi connectivity index (χ3n) is 3.39. The molecule has 2 rings (SSSR count). The number of nitrogens with one attached hydrogen (secondary N) is 1. The molecule has 0 radical (unpaired) electrons. The van der Waals surface area contributed by atoms with Gasteiger partial charge in [0.2, 0.25) is 0 Å². The number of morpholine rings is 1. The first-order valence-corrected chi connectivity index (χ1v) is 7.47. The number of hydrogen-bond donors (Lipinski definition) is 1. The topological polar surface area (TPSA) is 37.4 Å². The number of aryl methyl sites for hydroxylation is 2. The molecule has 1 saturated heterocycles. The van der Waals surface area contributed by atoms with Crippen molar-refractivity contribution >= 4 is 11.3 Å². The minimum Gasteiger partial charge on any atom is -0.378 e. The van der Waals surface area contributed by atoms with Crippen molar-refractivity contribution in [3.63, 3.8) is 0 Å². The van der Waals surface area contributed by atoms with Gasteiger partial charge in [0.15, 0.2) is 0 Å². The van der Waals surface area contributed by atoms with Crippen molar-refractivity contribution in [2.75, 3.05) is 32.8 Å². The molecule has 0 spiro atoms. The molecule has 1 aromatic heterocycles. The van der Waals surface area contributed by atoms with Gasteiger partial charge < -0.3 is 10.1 Å². The summed E-state index contributed by atoms with van der Waals surface area (Å²) < 4.78 is 5.58. The second kappa shape index (κ2) is 6.61. The van der Waals surface area contributed by atoms with Crippen LogP contribution in [0, 0.1) is 13.8 Å². The van der Waals surface area contributed by atoms with E-state index in [0.29, 0.717) is 6.04 Å². The van der Waals surface area contributed by atoms with Crippen LogP contribution in [0.25, 0.3) is 0 Å². The minimum atomic E-state index is 0.475. The maximum Gasteiger partial charge on any atom is 0.107 e. The lowest BCUT2D eigenvalue weighted by Gasteiger charge is -2.35. The molecule has 1 aliphatic rings. The largest absolute Gasteiger partial charge is 0.378 e. The summed E-state index contributed by atoms with van der Waals surface area (Å²) in [6.45, 7) is 12.0. The lowest BCUT2D eigenvalue weighted by atomic mass is 10.2. The van der Waals surface area contributed by atoms with E-state index in [1.165, 1.54) is 15.6 Å². The van der Waals surface area contributed by atoms with E-state index in [0.717, 1.165) is 39.4 Å². The standard InChI is InChI=1S/C13H23N3OS/c1-4-14-7-12-9-17-6-5-16(12)8-13-15-10(2)11(3)18-13/h12,14H,4-9H2,1-3H3. The van der Waals surface area contributed by atoms with E-state index in [2.05, 4.69) is 36.0 Å². The number of aromatic nitrogens is 1. The molecule has 1 atom stereocenters. The monoisotopic (exact) mass is 269 g/mol. The van der Waals surface area contributed by atoms with Crippen molar-refractivity contribution in [2.24, 2.45) is 0 Å². The van der Waals surface area contributed by atoms with Crippen LogP contribution in [0.1, 0.15) is 22.5 Å². The highest BCUT2D eigenvalue weighted by Crippen LogP contribution is 2.20. The zero-order chi connectivity index (χ0) is 13.0. The molecule has 1 N–H and O–H groups in total. The fraction of sp³-hybridized carbons (Fsp3) is 0.769. The Labute approximate surface area is 113 Å². The molecule has 18 heavy (non-hydrogen) atoms. The van der Waals surface area contributed by atoms with Gasteiger partial charge in [-0.3, -0.25) is 4.90 Å². The SMILES string of the molecule is CCNCC1COCCN1Cc1nc(C)c(C)s1. The second-order valence-corrected chi connectivity index (χ2v) is 6.04. The van der Waals surface area contributed by atoms with Gasteiger partial charge in [0, 0.05) is 24.0 Å². The summed E-state index contributed by atoms with van der Waals surface area (Å²) in [5.74, 6) is 0. The van der Waals surface area contributed by atoms with Gasteiger partial charge in [0.05, 0.1) is 25.5 Å². The van der Waals surface area contributed by atoms with Crippen molar-refractivity contribution in [1.82, 2.24) is 15.2 Å². The van der Waals surface area contributed by atoms with Crippen molar-refractivity contribution in [1.29, 1.82) is 0 Å². The quantitative estimate of drug-likeness (QED) is 0.880. The predicted octanol–water partition coefficient (Wildman–Crippen LogP) is 1.57. The molecule has 0 aromatic carbocycles. The van der Waals surface area contributed by atoms with Gasteiger partial charge >= 0.3 is 0 Å². The van der Waals surface area contributed by atoms with Gasteiger partial charge in [-0.05, 0) is 20.4 Å². The molecule has 0 bridgehead atoms. The molecule has 1 aromatic rings. The molecule has 0 amide bonds. The summed E-state index contributed by atoms with van der Waals surface area (Å²) >= 11 is 1.82. The highest BCUT2D eigenvalue weighted by molar-refractivity contribution is 7.11. The molecule has 102 valence electrons. The summed E-state index contributed by atoms with van der Waals surface area (Å²) in [5.41, 5.74) is 1.17. The zero-order valence-corrected chi connectivity index (χ0v) is 12.3. The van der Waals surface area contributed by atoms with Gasteiger partial charge in [-0.25, -0.2) is 4.98 Å². The zero-order valence-electron chi connectivity index (χ0n) is 11.5. The Bertz CT molecular complexity index is 361. The lowest BCUT2D eigenvalue weighted by Crippen LogP contribution is -2.49. The van der Waals surface area contributed by atoms with Gasteiger partial charge in [0.1, 0.15) is 5.01 Å². The summed E-state index contributed by atoms with van der Waals surface area (Å²) in [4.78, 5) is 8.46. The van der Waals surface area contributed by atoms with Crippen molar-refractivity contribution in [3.05, 3.63) is 15.6 Å². The first kappa shape index (κ1) is 13.9. The van der Waals surface area contributed by atoms with Crippen LogP contribution in [-0.2, 0) is 11.3 Å². The third-order valence-corrected chi connectivity index (χ3v) is 4.45. The molecule has 2 heterocycles. The number of rotatable bonds is 5. The minimum absolute atomic E-state index is 0.475. The van der Waals surface area contributed by atoms with Crippen LogP contribution in [0.15, 0.2) is 0 Å². The second-order valence-electron chi connectivity index (χ2n) is 4.76. The Morgan fingerprint density at radius 1 is 1.50 bits per heavy atom. The number of thiazole rings is 1. The number of likely N-dealkylation sites (N-methyl/N-ethyl adjacent to an activating group) is 1. The van der Waals surface area contributed by atoms with Crippen LogP contribution in [0.3, 0.4) is 0 Å². The summed E-state index contributed by atoms with van der Waals surface area (Å²) in [7, 11) is 0. The van der Waals surface area contributed by atoms with Crippen LogP contribution in [0.5, 0.6) is 0 Å². The fourth-order valence-electron chi connectivity index (χ4n) is 2.18. The Kier molecular flexibility index (Phi) is 5.12. The van der Waals surface area contributed by atoms with E-state index in [9.17, 15) is 0 Å². The van der Waals surface area contributed by atoms with E-state index >= 15 is 0 Å². The van der Waals surface area contributed by atoms with Gasteiger partial charge in [-0.15, -0.1) is 11.3 Å². The maximum atomic E-state index is 5.58. The normalized spacial score (nSPS) is 21.4. The molecule has 1 fully saturated rings. The molecule has 1 unspecified atom stereocenters. The number of ether oxygens (including phenoxy) is 1. The van der Waals surface area contributed by atoms with Gasteiger partial charge in [0.25, 0.3) is 0 Å². The Hall–Kier alpha value is -0.490. The van der Waals surface area contributed by atoms with E-state index in [1.54, 1.807) is 0 Å². The molecule has 5 heteroatoms. The maximum absolute atomic E-state index is 5.58. The Morgan fingerprint density at radius 3 is 3.00 bits per heavy atom. The molecule has 4 nitrogen and oxygen atoms in total. The highest BCUT2D eigenvalue weighted by Gasteiger charge is 2.23. The summed E-state index contributed by atoms with van der Waals surface area (Å²) in [6, 6.07) is 0.475. The van der Waals surface area contributed by atoms with E-state index < -0.39 is 0 Å². The summed E-state index contributed by atoms with van der Waals surface area (Å²) in [6.07, 6.45) is 0. The van der Waals surface area contributed by atoms with Crippen LogP contribution in [-0.4, -0.2) is 48.8 Å². The molecular weight excluding hydrogens is 246 g/mol. The average molecular weight is 269 g/mol. The van der Waals surface area contributed by atoms with Crippen LogP contribution in [0.2, 0.25) is 0 Å². The van der Waals surface area contributed by atoms with Crippen LogP contribution in [0.4, 0.5) is 0 Å². The molecular formula is C13H23N3OS. The van der Waals surface area contributed by atoms with Gasteiger partial charge in [-0.1, -0.05) is 6.92 Å². The molecule has 0 aliphatic carbocycles. The van der Waals surface area contributed by atoms with Crippen LogP contribution >= 0.6 is 11.3 Å². The smallest absolute Gasteiger partial charge is 0.107 e.